The summed E-state index contributed by atoms with van der Waals surface area (Å²) in [6.07, 6.45) is 6.14. The summed E-state index contributed by atoms with van der Waals surface area (Å²) in [5.41, 5.74) is -0.816. The minimum atomic E-state index is -0.818. The number of carboxylic acid groups (broad SMARTS) is 1. The van der Waals surface area contributed by atoms with E-state index in [1.54, 1.807) is 7.11 Å². The number of carbonyl (C=O) groups is 2. The predicted octanol–water partition coefficient (Wildman–Crippen LogP) is 1.71. The Hall–Kier alpha value is -1.10. The van der Waals surface area contributed by atoms with Crippen LogP contribution in [0.4, 0.5) is 0 Å². The molecule has 0 radical (unpaired) electrons. The van der Waals surface area contributed by atoms with Gasteiger partial charge < -0.3 is 15.2 Å². The number of rotatable bonds is 5. The molecule has 0 aromatic rings. The van der Waals surface area contributed by atoms with Crippen LogP contribution in [0.15, 0.2) is 0 Å². The van der Waals surface area contributed by atoms with Crippen LogP contribution < -0.4 is 5.32 Å². The van der Waals surface area contributed by atoms with Gasteiger partial charge in [-0.15, -0.1) is 0 Å². The molecule has 2 saturated carbocycles. The SMILES string of the molecule is COC1CCC(NC(=O)CC2(C(=O)O)CCCC2)C1. The van der Waals surface area contributed by atoms with E-state index < -0.39 is 11.4 Å². The van der Waals surface area contributed by atoms with Gasteiger partial charge in [-0.1, -0.05) is 12.8 Å². The number of carboxylic acids is 1. The summed E-state index contributed by atoms with van der Waals surface area (Å²) in [6.45, 7) is 0. The van der Waals surface area contributed by atoms with Gasteiger partial charge in [-0.2, -0.15) is 0 Å². The third-order valence-corrected chi connectivity index (χ3v) is 4.60. The normalized spacial score (nSPS) is 29.3. The lowest BCUT2D eigenvalue weighted by atomic mass is 9.82. The molecule has 2 rings (SSSR count). The first-order chi connectivity index (χ1) is 9.05. The number of hydrogen-bond donors (Lipinski definition) is 2. The standard InChI is InChI=1S/C14H23NO4/c1-19-11-5-4-10(8-11)15-12(16)9-14(13(17)18)6-2-3-7-14/h10-11H,2-9H2,1H3,(H,15,16)(H,17,18). The van der Waals surface area contributed by atoms with Crippen molar-refractivity contribution in [2.24, 2.45) is 5.41 Å². The molecule has 0 aromatic heterocycles. The first-order valence-electron chi connectivity index (χ1n) is 7.11. The fourth-order valence-electron chi connectivity index (χ4n) is 3.39. The van der Waals surface area contributed by atoms with Gasteiger partial charge >= 0.3 is 5.97 Å². The molecule has 2 fully saturated rings. The fraction of sp³-hybridized carbons (Fsp3) is 0.857. The summed E-state index contributed by atoms with van der Waals surface area (Å²) >= 11 is 0. The zero-order valence-corrected chi connectivity index (χ0v) is 11.5. The lowest BCUT2D eigenvalue weighted by molar-refractivity contribution is -0.151. The van der Waals surface area contributed by atoms with E-state index in [1.165, 1.54) is 0 Å². The van der Waals surface area contributed by atoms with Crippen molar-refractivity contribution in [2.45, 2.75) is 63.5 Å². The molecule has 5 heteroatoms. The van der Waals surface area contributed by atoms with Gasteiger partial charge in [0.25, 0.3) is 0 Å². The van der Waals surface area contributed by atoms with Gasteiger partial charge in [0.2, 0.25) is 5.91 Å². The number of amides is 1. The molecule has 108 valence electrons. The fourth-order valence-corrected chi connectivity index (χ4v) is 3.39. The van der Waals surface area contributed by atoms with Crippen molar-refractivity contribution in [1.82, 2.24) is 5.32 Å². The molecule has 1 amide bonds. The average molecular weight is 269 g/mol. The Balaban J connectivity index is 1.85. The zero-order chi connectivity index (χ0) is 13.9. The summed E-state index contributed by atoms with van der Waals surface area (Å²) in [7, 11) is 1.69. The molecular formula is C14H23NO4. The smallest absolute Gasteiger partial charge is 0.310 e. The van der Waals surface area contributed by atoms with E-state index in [-0.39, 0.29) is 24.5 Å². The molecule has 19 heavy (non-hydrogen) atoms. The van der Waals surface area contributed by atoms with Crippen LogP contribution in [0.25, 0.3) is 0 Å². The van der Waals surface area contributed by atoms with Crippen molar-refractivity contribution in [1.29, 1.82) is 0 Å². The largest absolute Gasteiger partial charge is 0.481 e. The number of methoxy groups -OCH3 is 1. The first kappa shape index (κ1) is 14.3. The highest BCUT2D eigenvalue weighted by Crippen LogP contribution is 2.41. The quantitative estimate of drug-likeness (QED) is 0.796. The van der Waals surface area contributed by atoms with Gasteiger partial charge in [0.15, 0.2) is 0 Å². The van der Waals surface area contributed by atoms with Crippen LogP contribution in [-0.4, -0.2) is 36.2 Å². The van der Waals surface area contributed by atoms with E-state index in [9.17, 15) is 14.7 Å². The van der Waals surface area contributed by atoms with E-state index in [1.807, 2.05) is 0 Å². The van der Waals surface area contributed by atoms with Crippen LogP contribution in [0.2, 0.25) is 0 Å². The molecule has 0 heterocycles. The lowest BCUT2D eigenvalue weighted by Gasteiger charge is -2.24. The number of ether oxygens (including phenoxy) is 1. The molecular weight excluding hydrogens is 246 g/mol. The topological polar surface area (TPSA) is 75.6 Å². The summed E-state index contributed by atoms with van der Waals surface area (Å²) in [4.78, 5) is 23.4. The van der Waals surface area contributed by atoms with Crippen LogP contribution in [0.3, 0.4) is 0 Å². The van der Waals surface area contributed by atoms with Gasteiger partial charge in [-0.3, -0.25) is 9.59 Å². The average Bonchev–Trinajstić information content (AvgIpc) is 2.98. The zero-order valence-electron chi connectivity index (χ0n) is 11.5. The van der Waals surface area contributed by atoms with Crippen LogP contribution in [0.1, 0.15) is 51.4 Å². The Kier molecular flexibility index (Phi) is 4.45. The Labute approximate surface area is 113 Å². The van der Waals surface area contributed by atoms with Gasteiger partial charge in [0.05, 0.1) is 11.5 Å². The second-order valence-corrected chi connectivity index (χ2v) is 5.90. The maximum Gasteiger partial charge on any atom is 0.310 e. The molecule has 0 aromatic carbocycles. The number of nitrogens with one attached hydrogen (secondary N) is 1. The first-order valence-corrected chi connectivity index (χ1v) is 7.11. The van der Waals surface area contributed by atoms with Gasteiger partial charge in [0, 0.05) is 19.6 Å². The van der Waals surface area contributed by atoms with Crippen molar-refractivity contribution in [2.75, 3.05) is 7.11 Å². The second kappa shape index (κ2) is 5.90. The van der Waals surface area contributed by atoms with E-state index in [0.29, 0.717) is 12.8 Å². The minimum absolute atomic E-state index is 0.119. The third kappa shape index (κ3) is 3.26. The molecule has 2 aliphatic rings. The predicted molar refractivity (Wildman–Crippen MR) is 69.7 cm³/mol. The van der Waals surface area contributed by atoms with Gasteiger partial charge in [-0.25, -0.2) is 0 Å². The third-order valence-electron chi connectivity index (χ3n) is 4.60. The summed E-state index contributed by atoms with van der Waals surface area (Å²) in [5, 5.41) is 12.3. The van der Waals surface area contributed by atoms with E-state index in [4.69, 9.17) is 4.74 Å². The molecule has 2 aliphatic carbocycles. The Morgan fingerprint density at radius 3 is 2.53 bits per heavy atom. The van der Waals surface area contributed by atoms with Crippen LogP contribution in [0.5, 0.6) is 0 Å². The molecule has 0 bridgehead atoms. The van der Waals surface area contributed by atoms with Gasteiger partial charge in [0.1, 0.15) is 0 Å². The highest BCUT2D eigenvalue weighted by molar-refractivity contribution is 5.85. The molecule has 2 atom stereocenters. The molecule has 2 unspecified atom stereocenters. The van der Waals surface area contributed by atoms with Crippen LogP contribution in [-0.2, 0) is 14.3 Å². The monoisotopic (exact) mass is 269 g/mol. The molecule has 0 saturated heterocycles. The summed E-state index contributed by atoms with van der Waals surface area (Å²) in [6, 6.07) is 0.143. The van der Waals surface area contributed by atoms with E-state index >= 15 is 0 Å². The number of carbonyl (C=O) groups excluding carboxylic acids is 1. The molecule has 5 nitrogen and oxygen atoms in total. The van der Waals surface area contributed by atoms with Crippen molar-refractivity contribution < 1.29 is 19.4 Å². The Morgan fingerprint density at radius 1 is 1.32 bits per heavy atom. The Morgan fingerprint density at radius 2 is 2.00 bits per heavy atom. The van der Waals surface area contributed by atoms with Crippen LogP contribution >= 0.6 is 0 Å². The lowest BCUT2D eigenvalue weighted by Crippen LogP contribution is -2.39. The Bertz CT molecular complexity index is 349. The van der Waals surface area contributed by atoms with Crippen molar-refractivity contribution in [3.63, 3.8) is 0 Å². The molecule has 0 spiro atoms. The minimum Gasteiger partial charge on any atom is -0.481 e. The van der Waals surface area contributed by atoms with Crippen molar-refractivity contribution in [3.05, 3.63) is 0 Å². The van der Waals surface area contributed by atoms with Gasteiger partial charge in [-0.05, 0) is 32.1 Å². The van der Waals surface area contributed by atoms with E-state index in [2.05, 4.69) is 5.32 Å². The number of hydrogen-bond acceptors (Lipinski definition) is 3. The highest BCUT2D eigenvalue weighted by atomic mass is 16.5. The molecule has 0 aliphatic heterocycles. The summed E-state index contributed by atoms with van der Waals surface area (Å²) in [5.74, 6) is -0.938. The van der Waals surface area contributed by atoms with Crippen molar-refractivity contribution >= 4 is 11.9 Å². The maximum absolute atomic E-state index is 12.0. The summed E-state index contributed by atoms with van der Waals surface area (Å²) < 4.78 is 5.27. The second-order valence-electron chi connectivity index (χ2n) is 5.90. The van der Waals surface area contributed by atoms with Crippen molar-refractivity contribution in [3.8, 4) is 0 Å². The maximum atomic E-state index is 12.0. The number of aliphatic carboxylic acids is 1. The molecule has 2 N–H and O–H groups in total. The van der Waals surface area contributed by atoms with Crippen LogP contribution in [0, 0.1) is 5.41 Å². The highest BCUT2D eigenvalue weighted by Gasteiger charge is 2.43. The van der Waals surface area contributed by atoms with E-state index in [0.717, 1.165) is 32.1 Å².